The maximum atomic E-state index is 11.1. The van der Waals surface area contributed by atoms with Crippen LogP contribution in [0.1, 0.15) is 51.0 Å². The van der Waals surface area contributed by atoms with Crippen molar-refractivity contribution in [3.63, 3.8) is 0 Å². The molecule has 1 heterocycles. The first-order valence-corrected chi connectivity index (χ1v) is 7.23. The molecule has 0 fully saturated rings. The highest BCUT2D eigenvalue weighted by atomic mass is 16.3. The summed E-state index contributed by atoms with van der Waals surface area (Å²) in [5, 5.41) is 15.3. The summed E-state index contributed by atoms with van der Waals surface area (Å²) in [6, 6.07) is 10.1. The molecule has 1 unspecified atom stereocenters. The molecule has 4 nitrogen and oxygen atoms in total. The first kappa shape index (κ1) is 14.7. The van der Waals surface area contributed by atoms with E-state index in [4.69, 9.17) is 0 Å². The maximum absolute atomic E-state index is 11.1. The minimum atomic E-state index is -0.879. The van der Waals surface area contributed by atoms with Gasteiger partial charge in [-0.15, -0.1) is 0 Å². The van der Waals surface area contributed by atoms with Gasteiger partial charge in [0.05, 0.1) is 5.60 Å². The highest BCUT2D eigenvalue weighted by Gasteiger charge is 2.30. The first-order chi connectivity index (χ1) is 9.57. The topological polar surface area (TPSA) is 50.9 Å². The van der Waals surface area contributed by atoms with Gasteiger partial charge in [0.15, 0.2) is 0 Å². The van der Waals surface area contributed by atoms with Crippen LogP contribution in [0.4, 0.5) is 0 Å². The molecule has 0 amide bonds. The van der Waals surface area contributed by atoms with Gasteiger partial charge >= 0.3 is 0 Å². The number of hydrogen-bond acceptors (Lipinski definition) is 3. The van der Waals surface area contributed by atoms with E-state index >= 15 is 0 Å². The van der Waals surface area contributed by atoms with Crippen molar-refractivity contribution < 1.29 is 5.11 Å². The number of aliphatic hydroxyl groups is 1. The van der Waals surface area contributed by atoms with Crippen LogP contribution >= 0.6 is 0 Å². The number of rotatable bonds is 6. The molecular weight excluding hydrogens is 250 g/mol. The SMILES string of the molecule is CCCC(O)(Cc1ncnn1C(C)C)c1ccccc1. The van der Waals surface area contributed by atoms with Gasteiger partial charge in [0.1, 0.15) is 12.2 Å². The van der Waals surface area contributed by atoms with Crippen LogP contribution in [-0.2, 0) is 12.0 Å². The summed E-state index contributed by atoms with van der Waals surface area (Å²) in [6.45, 7) is 6.22. The zero-order valence-electron chi connectivity index (χ0n) is 12.5. The first-order valence-electron chi connectivity index (χ1n) is 7.23. The lowest BCUT2D eigenvalue weighted by Gasteiger charge is -2.28. The van der Waals surface area contributed by atoms with E-state index in [9.17, 15) is 5.11 Å². The van der Waals surface area contributed by atoms with Gasteiger partial charge in [-0.1, -0.05) is 43.7 Å². The number of benzene rings is 1. The number of nitrogens with zero attached hydrogens (tertiary/aromatic N) is 3. The molecule has 0 bridgehead atoms. The Bertz CT molecular complexity index is 536. The molecule has 1 N–H and O–H groups in total. The molecule has 1 atom stereocenters. The fourth-order valence-electron chi connectivity index (χ4n) is 2.59. The highest BCUT2D eigenvalue weighted by molar-refractivity contribution is 5.23. The smallest absolute Gasteiger partial charge is 0.138 e. The van der Waals surface area contributed by atoms with Gasteiger partial charge < -0.3 is 5.11 Å². The predicted molar refractivity (Wildman–Crippen MR) is 79.4 cm³/mol. The van der Waals surface area contributed by atoms with Crippen LogP contribution in [0.2, 0.25) is 0 Å². The normalized spacial score (nSPS) is 14.4. The summed E-state index contributed by atoms with van der Waals surface area (Å²) >= 11 is 0. The monoisotopic (exact) mass is 273 g/mol. The third kappa shape index (κ3) is 3.07. The second-order valence-electron chi connectivity index (χ2n) is 5.54. The van der Waals surface area contributed by atoms with E-state index in [2.05, 4.69) is 30.9 Å². The lowest BCUT2D eigenvalue weighted by Crippen LogP contribution is -2.30. The number of aromatic nitrogens is 3. The quantitative estimate of drug-likeness (QED) is 0.880. The minimum absolute atomic E-state index is 0.245. The third-order valence-corrected chi connectivity index (χ3v) is 3.56. The van der Waals surface area contributed by atoms with E-state index in [1.54, 1.807) is 6.33 Å². The molecule has 20 heavy (non-hydrogen) atoms. The summed E-state index contributed by atoms with van der Waals surface area (Å²) in [5.41, 5.74) is 0.0653. The van der Waals surface area contributed by atoms with E-state index in [0.29, 0.717) is 12.8 Å². The molecule has 108 valence electrons. The van der Waals surface area contributed by atoms with Gasteiger partial charge in [0, 0.05) is 12.5 Å². The van der Waals surface area contributed by atoms with Crippen molar-refractivity contribution in [2.45, 2.75) is 51.7 Å². The molecule has 0 saturated carbocycles. The van der Waals surface area contributed by atoms with Crippen LogP contribution in [0.3, 0.4) is 0 Å². The van der Waals surface area contributed by atoms with Crippen molar-refractivity contribution in [1.82, 2.24) is 14.8 Å². The van der Waals surface area contributed by atoms with E-state index in [1.807, 2.05) is 35.0 Å². The lowest BCUT2D eigenvalue weighted by atomic mass is 9.86. The fourth-order valence-corrected chi connectivity index (χ4v) is 2.59. The van der Waals surface area contributed by atoms with Crippen molar-refractivity contribution in [3.8, 4) is 0 Å². The molecule has 0 aliphatic heterocycles. The molecule has 4 heteroatoms. The Kier molecular flexibility index (Phi) is 4.55. The maximum Gasteiger partial charge on any atom is 0.138 e. The van der Waals surface area contributed by atoms with E-state index in [0.717, 1.165) is 17.8 Å². The zero-order chi connectivity index (χ0) is 14.6. The standard InChI is InChI=1S/C16H23N3O/c1-4-10-16(20,14-8-6-5-7-9-14)11-15-17-12-18-19(15)13(2)3/h5-9,12-13,20H,4,10-11H2,1-3H3. The molecule has 2 rings (SSSR count). The second kappa shape index (κ2) is 6.18. The Labute approximate surface area is 120 Å². The van der Waals surface area contributed by atoms with Gasteiger partial charge in [-0.05, 0) is 25.8 Å². The predicted octanol–water partition coefficient (Wildman–Crippen LogP) is 3.09. The Hall–Kier alpha value is -1.68. The average Bonchev–Trinajstić information content (AvgIpc) is 2.88. The van der Waals surface area contributed by atoms with Gasteiger partial charge in [-0.25, -0.2) is 9.67 Å². The van der Waals surface area contributed by atoms with Crippen molar-refractivity contribution in [1.29, 1.82) is 0 Å². The van der Waals surface area contributed by atoms with E-state index in [-0.39, 0.29) is 6.04 Å². The summed E-state index contributed by atoms with van der Waals surface area (Å²) in [5.74, 6) is 0.833. The van der Waals surface area contributed by atoms with Crippen LogP contribution in [-0.4, -0.2) is 19.9 Å². The van der Waals surface area contributed by atoms with Crippen molar-refractivity contribution in [2.75, 3.05) is 0 Å². The molecular formula is C16H23N3O. The summed E-state index contributed by atoms with van der Waals surface area (Å²) in [7, 11) is 0. The molecule has 0 aliphatic rings. The van der Waals surface area contributed by atoms with E-state index in [1.165, 1.54) is 0 Å². The van der Waals surface area contributed by atoms with Gasteiger partial charge in [-0.3, -0.25) is 0 Å². The molecule has 0 spiro atoms. The van der Waals surface area contributed by atoms with Gasteiger partial charge in [-0.2, -0.15) is 5.10 Å². The second-order valence-corrected chi connectivity index (χ2v) is 5.54. The molecule has 2 aromatic rings. The van der Waals surface area contributed by atoms with Crippen molar-refractivity contribution in [2.24, 2.45) is 0 Å². The van der Waals surface area contributed by atoms with Crippen LogP contribution in [0, 0.1) is 0 Å². The summed E-state index contributed by atoms with van der Waals surface area (Å²) < 4.78 is 1.88. The Balaban J connectivity index is 2.32. The van der Waals surface area contributed by atoms with Gasteiger partial charge in [0.2, 0.25) is 0 Å². The van der Waals surface area contributed by atoms with Crippen molar-refractivity contribution >= 4 is 0 Å². The fraction of sp³-hybridized carbons (Fsp3) is 0.500. The van der Waals surface area contributed by atoms with Gasteiger partial charge in [0.25, 0.3) is 0 Å². The van der Waals surface area contributed by atoms with Crippen LogP contribution in [0.15, 0.2) is 36.7 Å². The molecule has 1 aromatic heterocycles. The zero-order valence-corrected chi connectivity index (χ0v) is 12.5. The van der Waals surface area contributed by atoms with Crippen LogP contribution in [0.25, 0.3) is 0 Å². The Morgan fingerprint density at radius 3 is 2.55 bits per heavy atom. The lowest BCUT2D eigenvalue weighted by molar-refractivity contribution is 0.0236. The summed E-state index contributed by atoms with van der Waals surface area (Å²) in [4.78, 5) is 4.32. The number of hydrogen-bond donors (Lipinski definition) is 1. The Morgan fingerprint density at radius 2 is 1.95 bits per heavy atom. The van der Waals surface area contributed by atoms with Crippen molar-refractivity contribution in [3.05, 3.63) is 48.0 Å². The van der Waals surface area contributed by atoms with Crippen LogP contribution in [0.5, 0.6) is 0 Å². The molecule has 1 aromatic carbocycles. The van der Waals surface area contributed by atoms with E-state index < -0.39 is 5.60 Å². The van der Waals surface area contributed by atoms with Crippen LogP contribution < -0.4 is 0 Å². The summed E-state index contributed by atoms with van der Waals surface area (Å²) in [6.07, 6.45) is 3.68. The molecule has 0 radical (unpaired) electrons. The highest BCUT2D eigenvalue weighted by Crippen LogP contribution is 2.30. The minimum Gasteiger partial charge on any atom is -0.385 e. The molecule has 0 saturated heterocycles. The third-order valence-electron chi connectivity index (χ3n) is 3.56. The molecule has 0 aliphatic carbocycles. The largest absolute Gasteiger partial charge is 0.385 e. The average molecular weight is 273 g/mol. The Morgan fingerprint density at radius 1 is 1.25 bits per heavy atom.